The summed E-state index contributed by atoms with van der Waals surface area (Å²) < 4.78 is 1.91. The minimum atomic E-state index is -0.382. The van der Waals surface area contributed by atoms with Gasteiger partial charge in [-0.3, -0.25) is 19.5 Å². The van der Waals surface area contributed by atoms with E-state index >= 15 is 0 Å². The van der Waals surface area contributed by atoms with Gasteiger partial charge in [0.1, 0.15) is 5.65 Å². The van der Waals surface area contributed by atoms with E-state index in [1.165, 1.54) is 0 Å². The zero-order valence-electron chi connectivity index (χ0n) is 20.8. The van der Waals surface area contributed by atoms with E-state index in [4.69, 9.17) is 10.2 Å². The zero-order valence-corrected chi connectivity index (χ0v) is 20.8. The predicted octanol–water partition coefficient (Wildman–Crippen LogP) is 4.76. The van der Waals surface area contributed by atoms with Crippen LogP contribution in [0.5, 0.6) is 0 Å². The van der Waals surface area contributed by atoms with Crippen LogP contribution in [0.1, 0.15) is 51.9 Å². The van der Waals surface area contributed by atoms with Gasteiger partial charge >= 0.3 is 0 Å². The van der Waals surface area contributed by atoms with Crippen molar-refractivity contribution in [2.24, 2.45) is 0 Å². The van der Waals surface area contributed by atoms with Gasteiger partial charge in [0.25, 0.3) is 0 Å². The van der Waals surface area contributed by atoms with Gasteiger partial charge in [0, 0.05) is 54.1 Å². The Bertz CT molecular complexity index is 1330. The number of aryl methyl sites for hydroxylation is 1. The molecule has 0 saturated carbocycles. The van der Waals surface area contributed by atoms with Gasteiger partial charge in [0.2, 0.25) is 17.8 Å². The van der Waals surface area contributed by atoms with Crippen LogP contribution in [0.3, 0.4) is 0 Å². The second kappa shape index (κ2) is 12.6. The van der Waals surface area contributed by atoms with Crippen molar-refractivity contribution in [3.63, 3.8) is 0 Å². The van der Waals surface area contributed by atoms with Crippen LogP contribution in [0.4, 0.5) is 17.3 Å². The number of aromatic nitrogens is 5. The molecule has 11 nitrogen and oxygen atoms in total. The first-order valence-corrected chi connectivity index (χ1v) is 12.5. The summed E-state index contributed by atoms with van der Waals surface area (Å²) in [5.74, 6) is 0.0241. The van der Waals surface area contributed by atoms with Gasteiger partial charge in [-0.05, 0) is 49.6 Å². The minimum Gasteiger partial charge on any atom is -0.346 e. The fraction of sp³-hybridized carbons (Fsp3) is 0.346. The maximum absolute atomic E-state index is 12.2. The Hall–Kier alpha value is -4.25. The highest BCUT2D eigenvalue weighted by Crippen LogP contribution is 2.28. The Kier molecular flexibility index (Phi) is 8.82. The summed E-state index contributed by atoms with van der Waals surface area (Å²) >= 11 is 0. The second-order valence-corrected chi connectivity index (χ2v) is 8.83. The van der Waals surface area contributed by atoms with Crippen molar-refractivity contribution in [1.82, 2.24) is 30.2 Å². The number of benzene rings is 1. The smallest absolute Gasteiger partial charge is 0.243 e. The standard InChI is InChI=1S/C26H32N8O3/c1-2-15-34-17-18(16-28-34)24-21-13-14-27-25(21)32-26(31-24)30-20-11-9-19(10-12-20)29-22(35)7-5-3-4-6-8-23(36)33-37/h9-14,16-17,37H,2-8,15H2,1H3,(H,29,35)(H,33,36)(H2,27,30,31,32). The van der Waals surface area contributed by atoms with Crippen LogP contribution in [0.25, 0.3) is 22.3 Å². The van der Waals surface area contributed by atoms with Crippen LogP contribution in [0, 0.1) is 0 Å². The number of hydroxylamine groups is 1. The number of unbranched alkanes of at least 4 members (excludes halogenated alkanes) is 3. The largest absolute Gasteiger partial charge is 0.346 e. The summed E-state index contributed by atoms with van der Waals surface area (Å²) in [5.41, 5.74) is 5.59. The minimum absolute atomic E-state index is 0.0531. The normalized spacial score (nSPS) is 11.0. The number of carbonyl (C=O) groups excluding carboxylic acids is 2. The third-order valence-corrected chi connectivity index (χ3v) is 5.88. The van der Waals surface area contributed by atoms with Crippen LogP contribution < -0.4 is 16.1 Å². The number of H-pyrrole nitrogens is 1. The van der Waals surface area contributed by atoms with Crippen molar-refractivity contribution in [2.45, 2.75) is 58.4 Å². The van der Waals surface area contributed by atoms with Crippen molar-refractivity contribution in [3.8, 4) is 11.3 Å². The molecule has 0 bridgehead atoms. The molecule has 37 heavy (non-hydrogen) atoms. The van der Waals surface area contributed by atoms with Crippen LogP contribution >= 0.6 is 0 Å². The van der Waals surface area contributed by atoms with Crippen molar-refractivity contribution in [3.05, 3.63) is 48.9 Å². The Morgan fingerprint density at radius 2 is 1.70 bits per heavy atom. The van der Waals surface area contributed by atoms with E-state index in [0.29, 0.717) is 24.5 Å². The molecule has 3 heterocycles. The molecule has 4 rings (SSSR count). The lowest BCUT2D eigenvalue weighted by atomic mass is 10.1. The summed E-state index contributed by atoms with van der Waals surface area (Å²) in [7, 11) is 0. The molecule has 0 radical (unpaired) electrons. The van der Waals surface area contributed by atoms with Crippen LogP contribution in [0.2, 0.25) is 0 Å². The number of fused-ring (bicyclic) bond motifs is 1. The maximum atomic E-state index is 12.2. The molecular formula is C26H32N8O3. The lowest BCUT2D eigenvalue weighted by molar-refractivity contribution is -0.129. The van der Waals surface area contributed by atoms with Crippen LogP contribution in [-0.4, -0.2) is 41.8 Å². The van der Waals surface area contributed by atoms with Gasteiger partial charge in [0.15, 0.2) is 0 Å². The van der Waals surface area contributed by atoms with Crippen molar-refractivity contribution in [1.29, 1.82) is 0 Å². The molecule has 0 saturated heterocycles. The summed E-state index contributed by atoms with van der Waals surface area (Å²) in [6.07, 6.45) is 10.5. The lowest BCUT2D eigenvalue weighted by Crippen LogP contribution is -2.17. The molecule has 0 aliphatic carbocycles. The van der Waals surface area contributed by atoms with E-state index in [2.05, 4.69) is 32.6 Å². The quantitative estimate of drug-likeness (QED) is 0.100. The topological polar surface area (TPSA) is 150 Å². The first-order valence-electron chi connectivity index (χ1n) is 12.5. The monoisotopic (exact) mass is 504 g/mol. The third kappa shape index (κ3) is 7.14. The number of amides is 2. The molecule has 0 spiro atoms. The molecule has 0 fully saturated rings. The first kappa shape index (κ1) is 25.8. The number of nitrogens with zero attached hydrogens (tertiary/aromatic N) is 4. The molecule has 1 aromatic carbocycles. The highest BCUT2D eigenvalue weighted by molar-refractivity contribution is 5.92. The number of nitrogens with one attached hydrogen (secondary N) is 4. The van der Waals surface area contributed by atoms with E-state index in [9.17, 15) is 9.59 Å². The maximum Gasteiger partial charge on any atom is 0.243 e. The SMILES string of the molecule is CCCn1cc(-c2nc(Nc3ccc(NC(=O)CCCCCCC(=O)NO)cc3)nc3[nH]ccc23)cn1. The molecule has 0 atom stereocenters. The van der Waals surface area contributed by atoms with Gasteiger partial charge < -0.3 is 15.6 Å². The Morgan fingerprint density at radius 3 is 2.43 bits per heavy atom. The predicted molar refractivity (Wildman–Crippen MR) is 141 cm³/mol. The van der Waals surface area contributed by atoms with Gasteiger partial charge in [-0.25, -0.2) is 10.5 Å². The fourth-order valence-electron chi connectivity index (χ4n) is 4.02. The molecule has 0 unspecified atom stereocenters. The van der Waals surface area contributed by atoms with Gasteiger partial charge in [0.05, 0.1) is 11.9 Å². The van der Waals surface area contributed by atoms with Gasteiger partial charge in [-0.1, -0.05) is 19.8 Å². The molecule has 5 N–H and O–H groups in total. The molecule has 3 aromatic heterocycles. The average Bonchev–Trinajstić information content (AvgIpc) is 3.56. The number of rotatable bonds is 13. The summed E-state index contributed by atoms with van der Waals surface area (Å²) in [6, 6.07) is 9.35. The van der Waals surface area contributed by atoms with Crippen molar-refractivity contribution >= 4 is 40.2 Å². The average molecular weight is 505 g/mol. The summed E-state index contributed by atoms with van der Waals surface area (Å²) in [5, 5.41) is 20.0. The van der Waals surface area contributed by atoms with Crippen molar-refractivity contribution in [2.75, 3.05) is 10.6 Å². The van der Waals surface area contributed by atoms with E-state index in [0.717, 1.165) is 60.2 Å². The number of aromatic amines is 1. The molecular weight excluding hydrogens is 472 g/mol. The van der Waals surface area contributed by atoms with E-state index in [1.54, 1.807) is 5.48 Å². The van der Waals surface area contributed by atoms with E-state index < -0.39 is 0 Å². The number of hydrogen-bond acceptors (Lipinski definition) is 7. The molecule has 4 aromatic rings. The Labute approximate surface area is 214 Å². The molecule has 2 amide bonds. The highest BCUT2D eigenvalue weighted by atomic mass is 16.5. The van der Waals surface area contributed by atoms with Crippen molar-refractivity contribution < 1.29 is 14.8 Å². The zero-order chi connectivity index (χ0) is 26.0. The molecule has 0 aliphatic heterocycles. The van der Waals surface area contributed by atoms with E-state index in [1.807, 2.05) is 53.6 Å². The van der Waals surface area contributed by atoms with Gasteiger partial charge in [-0.15, -0.1) is 0 Å². The molecule has 194 valence electrons. The highest BCUT2D eigenvalue weighted by Gasteiger charge is 2.13. The second-order valence-electron chi connectivity index (χ2n) is 8.83. The van der Waals surface area contributed by atoms with Gasteiger partial charge in [-0.2, -0.15) is 10.1 Å². The van der Waals surface area contributed by atoms with Crippen LogP contribution in [-0.2, 0) is 16.1 Å². The Balaban J connectivity index is 1.32. The lowest BCUT2D eigenvalue weighted by Gasteiger charge is -2.09. The van der Waals surface area contributed by atoms with E-state index in [-0.39, 0.29) is 18.2 Å². The fourth-order valence-corrected chi connectivity index (χ4v) is 4.02. The first-order chi connectivity index (χ1) is 18.1. The Morgan fingerprint density at radius 1 is 0.973 bits per heavy atom. The molecule has 0 aliphatic rings. The third-order valence-electron chi connectivity index (χ3n) is 5.88. The molecule has 11 heteroatoms. The number of anilines is 3. The summed E-state index contributed by atoms with van der Waals surface area (Å²) in [4.78, 5) is 35.7. The number of hydrogen-bond donors (Lipinski definition) is 5. The van der Waals surface area contributed by atoms with Crippen LogP contribution in [0.15, 0.2) is 48.9 Å². The number of carbonyl (C=O) groups is 2. The summed E-state index contributed by atoms with van der Waals surface area (Å²) in [6.45, 7) is 2.96.